The fraction of sp³-hybridized carbons (Fsp3) is 0. The fourth-order valence-corrected chi connectivity index (χ4v) is 11.8. The van der Waals surface area contributed by atoms with Crippen molar-refractivity contribution < 1.29 is 4.42 Å². The third-order valence-electron chi connectivity index (χ3n) is 13.5. The molecule has 306 valence electrons. The number of rotatable bonds is 4. The zero-order valence-corrected chi connectivity index (χ0v) is 35.9. The molecule has 7 heteroatoms. The first-order chi connectivity index (χ1) is 32.7. The Morgan fingerprint density at radius 3 is 1.73 bits per heavy atom. The van der Waals surface area contributed by atoms with Crippen LogP contribution >= 0.6 is 11.3 Å². The number of hydrogen-bond acceptors (Lipinski definition) is 5. The van der Waals surface area contributed by atoms with Crippen LogP contribution in [-0.4, -0.2) is 24.1 Å². The topological polar surface area (TPSA) is 61.7 Å². The largest absolute Gasteiger partial charge is 0.456 e. The molecule has 0 unspecified atom stereocenters. The van der Waals surface area contributed by atoms with Crippen molar-refractivity contribution in [3.05, 3.63) is 200 Å². The molecule has 0 aliphatic heterocycles. The van der Waals surface area contributed by atoms with Crippen molar-refractivity contribution in [1.29, 1.82) is 0 Å². The molecule has 0 bridgehead atoms. The summed E-state index contributed by atoms with van der Waals surface area (Å²) in [6.45, 7) is 0. The zero-order valence-electron chi connectivity index (χ0n) is 35.1. The van der Waals surface area contributed by atoms with E-state index in [0.29, 0.717) is 17.6 Å². The highest BCUT2D eigenvalue weighted by atomic mass is 32.1. The number of hydrogen-bond donors (Lipinski definition) is 0. The van der Waals surface area contributed by atoms with E-state index in [1.54, 1.807) is 0 Å². The highest BCUT2D eigenvalue weighted by Gasteiger charge is 2.24. The smallest absolute Gasteiger partial charge is 0.238 e. The average molecular weight is 860 g/mol. The van der Waals surface area contributed by atoms with Crippen LogP contribution in [0.1, 0.15) is 0 Å². The van der Waals surface area contributed by atoms with E-state index in [0.717, 1.165) is 76.3 Å². The van der Waals surface area contributed by atoms with Crippen LogP contribution in [-0.2, 0) is 0 Å². The molecule has 0 fully saturated rings. The molecule has 0 N–H and O–H groups in total. The monoisotopic (exact) mass is 859 g/mol. The molecule has 0 radical (unpaired) electrons. The Hall–Kier alpha value is -8.65. The number of nitrogens with zero attached hydrogens (tertiary/aromatic N) is 5. The maximum Gasteiger partial charge on any atom is 0.238 e. The van der Waals surface area contributed by atoms with Crippen LogP contribution in [0, 0.1) is 0 Å². The van der Waals surface area contributed by atoms with Crippen molar-refractivity contribution in [3.8, 4) is 34.4 Å². The normalized spacial score (nSPS) is 12.2. The molecule has 0 amide bonds. The molecule has 5 aromatic heterocycles. The Morgan fingerprint density at radius 2 is 0.955 bits per heavy atom. The second kappa shape index (κ2) is 13.4. The van der Waals surface area contributed by atoms with Gasteiger partial charge in [0.1, 0.15) is 11.2 Å². The summed E-state index contributed by atoms with van der Waals surface area (Å²) >= 11 is 1.83. The first-order valence-corrected chi connectivity index (χ1v) is 23.0. The molecule has 0 spiro atoms. The predicted octanol–water partition coefficient (Wildman–Crippen LogP) is 16.0. The SMILES string of the molecule is c1ccc2cc3c(cc2c1)c1ccccc1n3-c1cc2c(cc1-c1nc(-c3ccc4c(c3)oc3ccccc34)nc(-n3c4ccccc4c4ccccc43)n1)sc1c3ccccc3ccc21. The van der Waals surface area contributed by atoms with Crippen molar-refractivity contribution in [3.63, 3.8) is 0 Å². The first-order valence-electron chi connectivity index (χ1n) is 22.2. The molecular weight excluding hydrogens is 827 g/mol. The molecular formula is C59H33N5OS. The average Bonchev–Trinajstić information content (AvgIpc) is 4.12. The maximum absolute atomic E-state index is 6.46. The molecule has 0 aliphatic rings. The maximum atomic E-state index is 6.46. The van der Waals surface area contributed by atoms with Crippen molar-refractivity contribution in [2.75, 3.05) is 0 Å². The number of benzene rings is 10. The highest BCUT2D eigenvalue weighted by molar-refractivity contribution is 7.26. The van der Waals surface area contributed by atoms with Gasteiger partial charge in [-0.2, -0.15) is 9.97 Å². The first kappa shape index (κ1) is 35.8. The standard InChI is InChI=1S/C59H33N5OS/c1-2-15-36-30-51-45(29-35(36)14-1)41-19-7-9-21-48(41)63(51)52-32-46-44-28-25-34-13-3-4-16-38(34)56(44)66-55(46)33-47(52)58-60-57(37-26-27-43-42-20-8-12-24-53(42)65-54(43)31-37)61-59(62-58)64-49-22-10-5-17-39(49)40-18-6-11-23-50(40)64/h1-33H. The molecule has 0 aliphatic carbocycles. The molecule has 5 heterocycles. The van der Waals surface area contributed by atoms with Crippen LogP contribution in [0.15, 0.2) is 205 Å². The summed E-state index contributed by atoms with van der Waals surface area (Å²) in [6.07, 6.45) is 0. The quantitative estimate of drug-likeness (QED) is 0.177. The Bertz CT molecular complexity index is 4500. The van der Waals surface area contributed by atoms with Crippen LogP contribution in [0.25, 0.3) is 142 Å². The van der Waals surface area contributed by atoms with Gasteiger partial charge in [0.05, 0.1) is 27.8 Å². The summed E-state index contributed by atoms with van der Waals surface area (Å²) in [5.74, 6) is 1.67. The van der Waals surface area contributed by atoms with Crippen LogP contribution in [0.5, 0.6) is 0 Å². The van der Waals surface area contributed by atoms with Gasteiger partial charge in [0.2, 0.25) is 5.95 Å². The van der Waals surface area contributed by atoms with Gasteiger partial charge in [-0.25, -0.2) is 4.98 Å². The Morgan fingerprint density at radius 1 is 0.364 bits per heavy atom. The summed E-state index contributed by atoms with van der Waals surface area (Å²) in [6, 6.07) is 71.5. The molecule has 66 heavy (non-hydrogen) atoms. The molecule has 0 atom stereocenters. The van der Waals surface area contributed by atoms with Crippen LogP contribution < -0.4 is 0 Å². The lowest BCUT2D eigenvalue weighted by atomic mass is 10.0. The lowest BCUT2D eigenvalue weighted by Gasteiger charge is -2.16. The molecule has 15 aromatic rings. The van der Waals surface area contributed by atoms with Gasteiger partial charge in [-0.05, 0) is 82.2 Å². The molecule has 15 rings (SSSR count). The van der Waals surface area contributed by atoms with E-state index in [4.69, 9.17) is 19.4 Å². The number of fused-ring (bicyclic) bond motifs is 15. The van der Waals surface area contributed by atoms with Gasteiger partial charge in [0, 0.05) is 63.6 Å². The van der Waals surface area contributed by atoms with Crippen molar-refractivity contribution >= 4 is 119 Å². The lowest BCUT2D eigenvalue weighted by molar-refractivity contribution is 0.669. The second-order valence-corrected chi connectivity index (χ2v) is 18.2. The van der Waals surface area contributed by atoms with Gasteiger partial charge in [0.25, 0.3) is 0 Å². The second-order valence-electron chi connectivity index (χ2n) is 17.2. The van der Waals surface area contributed by atoms with Gasteiger partial charge in [-0.1, -0.05) is 140 Å². The van der Waals surface area contributed by atoms with E-state index in [-0.39, 0.29) is 0 Å². The Kier molecular flexibility index (Phi) is 7.28. The summed E-state index contributed by atoms with van der Waals surface area (Å²) in [5, 5.41) is 14.1. The van der Waals surface area contributed by atoms with Crippen molar-refractivity contribution in [1.82, 2.24) is 24.1 Å². The zero-order chi connectivity index (χ0) is 43.0. The van der Waals surface area contributed by atoms with E-state index in [1.165, 1.54) is 47.8 Å². The number of furan rings is 1. The van der Waals surface area contributed by atoms with E-state index in [1.807, 2.05) is 23.5 Å². The van der Waals surface area contributed by atoms with E-state index < -0.39 is 0 Å². The van der Waals surface area contributed by atoms with Gasteiger partial charge >= 0.3 is 0 Å². The van der Waals surface area contributed by atoms with E-state index in [2.05, 4.69) is 197 Å². The van der Waals surface area contributed by atoms with Crippen LogP contribution in [0.3, 0.4) is 0 Å². The summed E-state index contributed by atoms with van der Waals surface area (Å²) in [5.41, 5.74) is 8.65. The number of aromatic nitrogens is 5. The predicted molar refractivity (Wildman–Crippen MR) is 275 cm³/mol. The minimum absolute atomic E-state index is 0.540. The van der Waals surface area contributed by atoms with Crippen molar-refractivity contribution in [2.24, 2.45) is 0 Å². The number of thiophene rings is 1. The van der Waals surface area contributed by atoms with Gasteiger partial charge in [-0.3, -0.25) is 4.57 Å². The van der Waals surface area contributed by atoms with Gasteiger partial charge < -0.3 is 8.98 Å². The van der Waals surface area contributed by atoms with E-state index in [9.17, 15) is 0 Å². The van der Waals surface area contributed by atoms with Crippen LogP contribution in [0.4, 0.5) is 0 Å². The molecule has 6 nitrogen and oxygen atoms in total. The lowest BCUT2D eigenvalue weighted by Crippen LogP contribution is -2.08. The van der Waals surface area contributed by atoms with Crippen LogP contribution in [0.2, 0.25) is 0 Å². The Labute approximate surface area is 379 Å². The summed E-state index contributed by atoms with van der Waals surface area (Å²) in [4.78, 5) is 16.5. The van der Waals surface area contributed by atoms with Gasteiger partial charge in [0.15, 0.2) is 11.6 Å². The fourth-order valence-electron chi connectivity index (χ4n) is 10.5. The third-order valence-corrected chi connectivity index (χ3v) is 14.7. The van der Waals surface area contributed by atoms with Gasteiger partial charge in [-0.15, -0.1) is 11.3 Å². The van der Waals surface area contributed by atoms with Crippen molar-refractivity contribution in [2.45, 2.75) is 0 Å². The summed E-state index contributed by atoms with van der Waals surface area (Å²) < 4.78 is 13.5. The Balaban J connectivity index is 1.09. The minimum Gasteiger partial charge on any atom is -0.456 e. The molecule has 0 saturated heterocycles. The minimum atomic E-state index is 0.540. The third kappa shape index (κ3) is 5.08. The molecule has 0 saturated carbocycles. The highest BCUT2D eigenvalue weighted by Crippen LogP contribution is 2.45. The number of para-hydroxylation sites is 4. The molecule has 10 aromatic carbocycles. The summed E-state index contributed by atoms with van der Waals surface area (Å²) in [7, 11) is 0. The van der Waals surface area contributed by atoms with E-state index >= 15 is 0 Å².